The molecular weight excluding hydrogens is 579 g/mol. The third kappa shape index (κ3) is 5.01. The number of nitriles is 1. The third-order valence-electron chi connectivity index (χ3n) is 8.28. The summed E-state index contributed by atoms with van der Waals surface area (Å²) >= 11 is 0. The van der Waals surface area contributed by atoms with Crippen LogP contribution in [-0.2, 0) is 6.54 Å². The molecule has 1 aliphatic heterocycles. The Morgan fingerprint density at radius 1 is 1.14 bits per heavy atom. The molecule has 2 aromatic heterocycles. The zero-order chi connectivity index (χ0) is 31.5. The minimum absolute atomic E-state index is 0.0343. The van der Waals surface area contributed by atoms with Gasteiger partial charge in [0.2, 0.25) is 0 Å². The van der Waals surface area contributed by atoms with Crippen molar-refractivity contribution in [1.82, 2.24) is 23.6 Å². The van der Waals surface area contributed by atoms with E-state index in [1.807, 2.05) is 6.07 Å². The van der Waals surface area contributed by atoms with Crippen LogP contribution in [0.4, 0.5) is 23.7 Å². The van der Waals surface area contributed by atoms with Gasteiger partial charge < -0.3 is 10.2 Å². The van der Waals surface area contributed by atoms with Crippen LogP contribution in [-0.4, -0.2) is 48.6 Å². The molecule has 1 N–H and O–H groups in total. The van der Waals surface area contributed by atoms with Crippen LogP contribution in [0.5, 0.6) is 0 Å². The minimum Gasteiger partial charge on any atom is -0.322 e. The van der Waals surface area contributed by atoms with Gasteiger partial charge in [-0.05, 0) is 56.9 Å². The zero-order valence-electron chi connectivity index (χ0n) is 23.9. The van der Waals surface area contributed by atoms with E-state index in [4.69, 9.17) is 5.26 Å². The van der Waals surface area contributed by atoms with Crippen LogP contribution in [0, 0.1) is 23.1 Å². The van der Waals surface area contributed by atoms with Crippen molar-refractivity contribution in [3.05, 3.63) is 79.2 Å². The first-order chi connectivity index (χ1) is 20.9. The average molecular weight is 608 g/mol. The lowest BCUT2D eigenvalue weighted by atomic mass is 10.0. The van der Waals surface area contributed by atoms with E-state index >= 15 is 13.2 Å². The molecule has 228 valence electrons. The van der Waals surface area contributed by atoms with E-state index in [-0.39, 0.29) is 58.1 Å². The number of piperidine rings is 1. The number of carbonyl (C=O) groups is 1. The number of benzene rings is 2. The molecule has 2 amide bonds. The summed E-state index contributed by atoms with van der Waals surface area (Å²) in [7, 11) is 0. The van der Waals surface area contributed by atoms with Gasteiger partial charge in [-0.3, -0.25) is 23.3 Å². The van der Waals surface area contributed by atoms with Crippen LogP contribution in [0.25, 0.3) is 21.8 Å². The Kier molecular flexibility index (Phi) is 7.06. The van der Waals surface area contributed by atoms with Crippen molar-refractivity contribution in [2.24, 2.45) is 5.92 Å². The first kappa shape index (κ1) is 29.2. The van der Waals surface area contributed by atoms with Crippen LogP contribution in [0.15, 0.2) is 51.0 Å². The van der Waals surface area contributed by atoms with E-state index in [1.54, 1.807) is 13.8 Å². The molecule has 44 heavy (non-hydrogen) atoms. The van der Waals surface area contributed by atoms with E-state index in [0.717, 1.165) is 45.3 Å². The number of fused-ring (bicyclic) bond motifs is 2. The highest BCUT2D eigenvalue weighted by atomic mass is 19.3. The quantitative estimate of drug-likeness (QED) is 0.365. The van der Waals surface area contributed by atoms with Gasteiger partial charge in [-0.25, -0.2) is 27.7 Å². The fraction of sp³-hybridized carbons (Fsp3) is 0.400. The van der Waals surface area contributed by atoms with E-state index < -0.39 is 53.6 Å². The first-order valence-electron chi connectivity index (χ1n) is 14.2. The molecule has 6 rings (SSSR count). The summed E-state index contributed by atoms with van der Waals surface area (Å²) < 4.78 is 48.9. The number of aromatic nitrogens is 4. The molecule has 4 aromatic rings. The standard InChI is InChI=1S/C30H28F3N7O4/c1-16(2)40-24-11-21(31)23(10-20(24)27(42)38(29(40)44)13-17-3-4-17)36-28(43)37-8-7-30(32,33)25(14-37)39-15-35-22-9-18(12-34)5-6-19(22)26(39)41/h5-6,9-11,15-17,25H,3-4,7-8,13-14H2,1-2H3,(H,36,43). The number of alkyl halides is 2. The molecule has 1 aliphatic carbocycles. The van der Waals surface area contributed by atoms with Gasteiger partial charge in [-0.2, -0.15) is 5.26 Å². The second-order valence-electron chi connectivity index (χ2n) is 11.7. The van der Waals surface area contributed by atoms with Gasteiger partial charge in [-0.15, -0.1) is 0 Å². The molecule has 0 bridgehead atoms. The second-order valence-corrected chi connectivity index (χ2v) is 11.7. The topological polar surface area (TPSA) is 135 Å². The Morgan fingerprint density at radius 3 is 2.57 bits per heavy atom. The Balaban J connectivity index is 1.32. The molecule has 1 saturated carbocycles. The fourth-order valence-corrected chi connectivity index (χ4v) is 5.69. The molecule has 1 saturated heterocycles. The van der Waals surface area contributed by atoms with Gasteiger partial charge in [-0.1, -0.05) is 0 Å². The third-order valence-corrected chi connectivity index (χ3v) is 8.28. The van der Waals surface area contributed by atoms with Crippen molar-refractivity contribution in [2.75, 3.05) is 18.4 Å². The first-order valence-corrected chi connectivity index (χ1v) is 14.2. The van der Waals surface area contributed by atoms with Crippen LogP contribution >= 0.6 is 0 Å². The highest BCUT2D eigenvalue weighted by molar-refractivity contribution is 5.93. The van der Waals surface area contributed by atoms with Crippen molar-refractivity contribution in [3.8, 4) is 6.07 Å². The van der Waals surface area contributed by atoms with Crippen LogP contribution in [0.1, 0.15) is 50.8 Å². The molecule has 2 fully saturated rings. The maximum absolute atomic E-state index is 15.3. The second kappa shape index (κ2) is 10.7. The lowest BCUT2D eigenvalue weighted by molar-refractivity contribution is -0.0906. The summed E-state index contributed by atoms with van der Waals surface area (Å²) in [5.74, 6) is -4.07. The number of rotatable bonds is 5. The molecule has 2 aromatic carbocycles. The number of anilines is 1. The Labute approximate surface area is 247 Å². The summed E-state index contributed by atoms with van der Waals surface area (Å²) in [5, 5.41) is 11.6. The van der Waals surface area contributed by atoms with Crippen LogP contribution < -0.4 is 22.1 Å². The van der Waals surface area contributed by atoms with Gasteiger partial charge >= 0.3 is 11.7 Å². The largest absolute Gasteiger partial charge is 0.331 e. The highest BCUT2D eigenvalue weighted by Gasteiger charge is 2.47. The molecular formula is C30H28F3N7O4. The number of carbonyl (C=O) groups excluding carboxylic acids is 1. The number of hydrogen-bond donors (Lipinski definition) is 1. The number of halogens is 3. The molecule has 1 atom stereocenters. The summed E-state index contributed by atoms with van der Waals surface area (Å²) in [4.78, 5) is 58.0. The molecule has 1 unspecified atom stereocenters. The maximum Gasteiger partial charge on any atom is 0.331 e. The number of amides is 2. The van der Waals surface area contributed by atoms with Crippen LogP contribution in [0.2, 0.25) is 0 Å². The summed E-state index contributed by atoms with van der Waals surface area (Å²) in [6.07, 6.45) is 2.00. The van der Waals surface area contributed by atoms with Crippen molar-refractivity contribution < 1.29 is 18.0 Å². The van der Waals surface area contributed by atoms with E-state index in [0.29, 0.717) is 0 Å². The van der Waals surface area contributed by atoms with Gasteiger partial charge in [0, 0.05) is 38.2 Å². The molecule has 2 aliphatic rings. The van der Waals surface area contributed by atoms with E-state index in [1.165, 1.54) is 22.8 Å². The van der Waals surface area contributed by atoms with Gasteiger partial charge in [0.25, 0.3) is 17.0 Å². The molecule has 11 nitrogen and oxygen atoms in total. The fourth-order valence-electron chi connectivity index (χ4n) is 5.69. The molecule has 14 heteroatoms. The molecule has 0 spiro atoms. The number of nitrogens with zero attached hydrogens (tertiary/aromatic N) is 6. The van der Waals surface area contributed by atoms with Gasteiger partial charge in [0.05, 0.1) is 45.5 Å². The van der Waals surface area contributed by atoms with E-state index in [9.17, 15) is 19.2 Å². The van der Waals surface area contributed by atoms with Crippen molar-refractivity contribution >= 4 is 33.5 Å². The highest BCUT2D eigenvalue weighted by Crippen LogP contribution is 2.37. The number of urea groups is 1. The van der Waals surface area contributed by atoms with Gasteiger partial charge in [0.15, 0.2) is 0 Å². The predicted octanol–water partition coefficient (Wildman–Crippen LogP) is 3.99. The Hall–Kier alpha value is -4.93. The summed E-state index contributed by atoms with van der Waals surface area (Å²) in [6, 6.07) is 5.15. The maximum atomic E-state index is 15.3. The minimum atomic E-state index is -3.37. The smallest absolute Gasteiger partial charge is 0.322 e. The molecule has 3 heterocycles. The van der Waals surface area contributed by atoms with E-state index in [2.05, 4.69) is 10.3 Å². The normalized spacial score (nSPS) is 18.1. The molecule has 0 radical (unpaired) electrons. The zero-order valence-corrected chi connectivity index (χ0v) is 23.9. The predicted molar refractivity (Wildman–Crippen MR) is 155 cm³/mol. The number of hydrogen-bond acceptors (Lipinski definition) is 6. The number of nitrogens with one attached hydrogen (secondary N) is 1. The van der Waals surface area contributed by atoms with Crippen molar-refractivity contribution in [2.45, 2.75) is 57.7 Å². The number of likely N-dealkylation sites (tertiary alicyclic amines) is 1. The Bertz CT molecular complexity index is 2060. The lowest BCUT2D eigenvalue weighted by Crippen LogP contribution is -2.53. The van der Waals surface area contributed by atoms with Crippen molar-refractivity contribution in [1.29, 1.82) is 5.26 Å². The van der Waals surface area contributed by atoms with Crippen molar-refractivity contribution in [3.63, 3.8) is 0 Å². The summed E-state index contributed by atoms with van der Waals surface area (Å²) in [6.45, 7) is 2.75. The monoisotopic (exact) mass is 607 g/mol. The Morgan fingerprint density at radius 2 is 1.89 bits per heavy atom. The van der Waals surface area contributed by atoms with Crippen LogP contribution in [0.3, 0.4) is 0 Å². The summed E-state index contributed by atoms with van der Waals surface area (Å²) in [5.41, 5.74) is -1.74. The lowest BCUT2D eigenvalue weighted by Gasteiger charge is -2.38. The average Bonchev–Trinajstić information content (AvgIpc) is 3.80. The SMILES string of the molecule is CC(C)n1c(=O)n(CC2CC2)c(=O)c2cc(NC(=O)N3CCC(F)(F)C(n4cnc5cc(C#N)ccc5c4=O)C3)c(F)cc21. The van der Waals surface area contributed by atoms with Gasteiger partial charge in [0.1, 0.15) is 11.9 Å².